The molecule has 0 unspecified atom stereocenters. The second-order valence-corrected chi connectivity index (χ2v) is 5.99. The summed E-state index contributed by atoms with van der Waals surface area (Å²) < 4.78 is 7.17. The molecule has 1 saturated heterocycles. The Morgan fingerprint density at radius 1 is 1.40 bits per heavy atom. The number of fused-ring (bicyclic) bond motifs is 1. The van der Waals surface area contributed by atoms with Crippen molar-refractivity contribution < 1.29 is 9.53 Å². The Morgan fingerprint density at radius 3 is 2.95 bits per heavy atom. The third-order valence-corrected chi connectivity index (χ3v) is 4.85. The van der Waals surface area contributed by atoms with Gasteiger partial charge in [-0.05, 0) is 13.3 Å². The average molecular weight is 294 g/mol. The first kappa shape index (κ1) is 13.4. The van der Waals surface area contributed by atoms with Crippen molar-refractivity contribution in [3.05, 3.63) is 10.6 Å². The van der Waals surface area contributed by atoms with Crippen LogP contribution in [0.2, 0.25) is 0 Å². The highest BCUT2D eigenvalue weighted by atomic mass is 32.1. The summed E-state index contributed by atoms with van der Waals surface area (Å²) in [6.45, 7) is 4.58. The number of aromatic nitrogens is 2. The number of nitrogens with zero attached hydrogens (tertiary/aromatic N) is 3. The highest BCUT2D eigenvalue weighted by molar-refractivity contribution is 7.21. The van der Waals surface area contributed by atoms with Crippen LogP contribution < -0.4 is 5.73 Å². The predicted molar refractivity (Wildman–Crippen MR) is 79.1 cm³/mol. The number of hydrogen-bond donors (Lipinski definition) is 1. The number of ether oxygens (including phenoxy) is 1. The van der Waals surface area contributed by atoms with Crippen molar-refractivity contribution in [3.8, 4) is 0 Å². The predicted octanol–water partition coefficient (Wildman–Crippen LogP) is 1.39. The van der Waals surface area contributed by atoms with Gasteiger partial charge in [0.05, 0.1) is 23.4 Å². The molecule has 1 aliphatic heterocycles. The summed E-state index contributed by atoms with van der Waals surface area (Å²) in [5.41, 5.74) is 7.61. The molecular weight excluding hydrogens is 276 g/mol. The van der Waals surface area contributed by atoms with E-state index >= 15 is 0 Å². The first-order valence-electron chi connectivity index (χ1n) is 6.68. The molecule has 1 fully saturated rings. The topological polar surface area (TPSA) is 73.4 Å². The van der Waals surface area contributed by atoms with E-state index in [2.05, 4.69) is 5.10 Å². The number of nitrogens with two attached hydrogens (primary N) is 1. The molecule has 0 aromatic carbocycles. The molecule has 6 nitrogen and oxygen atoms in total. The van der Waals surface area contributed by atoms with Crippen LogP contribution in [0.4, 0.5) is 5.69 Å². The standard InChI is InChI=1S/C13H18N4O2S/c1-8-9-10(14)11(20-13(9)16(2)15-8)12(18)17-4-3-6-19-7-5-17/h3-7,14H2,1-2H3. The first-order chi connectivity index (χ1) is 9.59. The van der Waals surface area contributed by atoms with Gasteiger partial charge in [0.15, 0.2) is 0 Å². The lowest BCUT2D eigenvalue weighted by Crippen LogP contribution is -2.33. The molecule has 7 heteroatoms. The lowest BCUT2D eigenvalue weighted by Gasteiger charge is -2.18. The molecule has 0 radical (unpaired) electrons. The molecule has 3 rings (SSSR count). The lowest BCUT2D eigenvalue weighted by molar-refractivity contribution is 0.0747. The Morgan fingerprint density at radius 2 is 2.20 bits per heavy atom. The molecule has 0 saturated carbocycles. The molecule has 0 atom stereocenters. The van der Waals surface area contributed by atoms with Crippen molar-refractivity contribution >= 4 is 33.1 Å². The van der Waals surface area contributed by atoms with E-state index in [0.717, 1.165) is 28.9 Å². The fraction of sp³-hybridized carbons (Fsp3) is 0.538. The van der Waals surface area contributed by atoms with Crippen LogP contribution in [-0.4, -0.2) is 46.9 Å². The number of rotatable bonds is 1. The molecule has 20 heavy (non-hydrogen) atoms. The molecule has 2 aromatic heterocycles. The number of anilines is 1. The molecule has 0 bridgehead atoms. The molecule has 1 amide bonds. The van der Waals surface area contributed by atoms with Crippen molar-refractivity contribution in [3.63, 3.8) is 0 Å². The van der Waals surface area contributed by atoms with Gasteiger partial charge in [0, 0.05) is 26.7 Å². The van der Waals surface area contributed by atoms with Gasteiger partial charge in [0.25, 0.3) is 5.91 Å². The van der Waals surface area contributed by atoms with Gasteiger partial charge in [-0.2, -0.15) is 5.10 Å². The molecule has 0 spiro atoms. The zero-order valence-electron chi connectivity index (χ0n) is 11.7. The van der Waals surface area contributed by atoms with Crippen LogP contribution in [0.15, 0.2) is 0 Å². The Bertz CT molecular complexity index is 653. The fourth-order valence-corrected chi connectivity index (χ4v) is 3.74. The van der Waals surface area contributed by atoms with E-state index in [-0.39, 0.29) is 5.91 Å². The average Bonchev–Trinajstić information content (AvgIpc) is 2.76. The van der Waals surface area contributed by atoms with E-state index in [1.165, 1.54) is 11.3 Å². The quantitative estimate of drug-likeness (QED) is 0.862. The summed E-state index contributed by atoms with van der Waals surface area (Å²) in [7, 11) is 1.87. The van der Waals surface area contributed by atoms with E-state index < -0.39 is 0 Å². The summed E-state index contributed by atoms with van der Waals surface area (Å²) in [5.74, 6) is 0.00796. The molecule has 1 aliphatic rings. The van der Waals surface area contributed by atoms with Gasteiger partial charge in [0.1, 0.15) is 9.71 Å². The smallest absolute Gasteiger partial charge is 0.266 e. The second-order valence-electron chi connectivity index (χ2n) is 4.99. The van der Waals surface area contributed by atoms with Crippen LogP contribution in [0.25, 0.3) is 10.2 Å². The maximum absolute atomic E-state index is 12.6. The van der Waals surface area contributed by atoms with Crippen LogP contribution in [0.1, 0.15) is 21.8 Å². The minimum Gasteiger partial charge on any atom is -0.397 e. The van der Waals surface area contributed by atoms with E-state index in [1.54, 1.807) is 4.68 Å². The highest BCUT2D eigenvalue weighted by Gasteiger charge is 2.25. The normalized spacial score (nSPS) is 16.6. The number of thiophene rings is 1. The Labute approximate surface area is 121 Å². The van der Waals surface area contributed by atoms with Crippen molar-refractivity contribution in [2.24, 2.45) is 7.05 Å². The highest BCUT2D eigenvalue weighted by Crippen LogP contribution is 2.36. The van der Waals surface area contributed by atoms with Crippen molar-refractivity contribution in [1.82, 2.24) is 14.7 Å². The Kier molecular flexibility index (Phi) is 3.39. The lowest BCUT2D eigenvalue weighted by atomic mass is 10.2. The van der Waals surface area contributed by atoms with E-state index in [9.17, 15) is 4.79 Å². The first-order valence-corrected chi connectivity index (χ1v) is 7.50. The molecule has 0 aliphatic carbocycles. The van der Waals surface area contributed by atoms with Crippen molar-refractivity contribution in [1.29, 1.82) is 0 Å². The van der Waals surface area contributed by atoms with Crippen molar-refractivity contribution in [2.75, 3.05) is 32.0 Å². The largest absolute Gasteiger partial charge is 0.397 e. The number of carbonyl (C=O) groups excluding carboxylic acids is 1. The maximum atomic E-state index is 12.6. The minimum atomic E-state index is 0.00796. The monoisotopic (exact) mass is 294 g/mol. The number of carbonyl (C=O) groups is 1. The van der Waals surface area contributed by atoms with Crippen molar-refractivity contribution in [2.45, 2.75) is 13.3 Å². The maximum Gasteiger partial charge on any atom is 0.266 e. The van der Waals surface area contributed by atoms with Gasteiger partial charge in [-0.15, -0.1) is 11.3 Å². The summed E-state index contributed by atoms with van der Waals surface area (Å²) in [6, 6.07) is 0. The number of hydrogen-bond acceptors (Lipinski definition) is 5. The zero-order chi connectivity index (χ0) is 14.3. The summed E-state index contributed by atoms with van der Waals surface area (Å²) in [6.07, 6.45) is 0.872. The van der Waals surface area contributed by atoms with Gasteiger partial charge >= 0.3 is 0 Å². The minimum absolute atomic E-state index is 0.00796. The third kappa shape index (κ3) is 2.06. The summed E-state index contributed by atoms with van der Waals surface area (Å²) >= 11 is 1.42. The van der Waals surface area contributed by atoms with Crippen LogP contribution in [0, 0.1) is 6.92 Å². The SMILES string of the molecule is Cc1nn(C)c2sc(C(=O)N3CCCOCC3)c(N)c12. The Hall–Kier alpha value is -1.60. The van der Waals surface area contributed by atoms with Gasteiger partial charge in [-0.25, -0.2) is 0 Å². The van der Waals surface area contributed by atoms with Crippen LogP contribution >= 0.6 is 11.3 Å². The van der Waals surface area contributed by atoms with E-state index in [0.29, 0.717) is 30.3 Å². The van der Waals surface area contributed by atoms with Gasteiger partial charge in [-0.3, -0.25) is 9.48 Å². The molecule has 2 N–H and O–H groups in total. The molecule has 108 valence electrons. The number of aryl methyl sites for hydroxylation is 2. The number of amides is 1. The van der Waals surface area contributed by atoms with E-state index in [4.69, 9.17) is 10.5 Å². The van der Waals surface area contributed by atoms with Gasteiger partial charge in [0.2, 0.25) is 0 Å². The van der Waals surface area contributed by atoms with Crippen LogP contribution in [-0.2, 0) is 11.8 Å². The molecule has 2 aromatic rings. The van der Waals surface area contributed by atoms with Crippen LogP contribution in [0.3, 0.4) is 0 Å². The fourth-order valence-electron chi connectivity index (χ4n) is 2.58. The second kappa shape index (κ2) is 5.06. The van der Waals surface area contributed by atoms with Gasteiger partial charge < -0.3 is 15.4 Å². The third-order valence-electron chi connectivity index (χ3n) is 3.59. The molecule has 3 heterocycles. The summed E-state index contributed by atoms with van der Waals surface area (Å²) in [4.78, 5) is 16.0. The Balaban J connectivity index is 1.99. The summed E-state index contributed by atoms with van der Waals surface area (Å²) in [5, 5.41) is 5.25. The number of nitrogen functional groups attached to an aromatic ring is 1. The van der Waals surface area contributed by atoms with Gasteiger partial charge in [-0.1, -0.05) is 0 Å². The molecular formula is C13H18N4O2S. The van der Waals surface area contributed by atoms with E-state index in [1.807, 2.05) is 18.9 Å². The zero-order valence-corrected chi connectivity index (χ0v) is 12.5. The van der Waals surface area contributed by atoms with Crippen LogP contribution in [0.5, 0.6) is 0 Å².